The summed E-state index contributed by atoms with van der Waals surface area (Å²) in [4.78, 5) is 0. The fraction of sp³-hybridized carbons (Fsp3) is 0.333. The van der Waals surface area contributed by atoms with Gasteiger partial charge < -0.3 is 10.2 Å². The van der Waals surface area contributed by atoms with E-state index >= 15 is 0 Å². The van der Waals surface area contributed by atoms with Crippen LogP contribution in [0.25, 0.3) is 0 Å². The van der Waals surface area contributed by atoms with Crippen LogP contribution >= 0.6 is 0 Å². The molecule has 0 saturated heterocycles. The zero-order chi connectivity index (χ0) is 4.41. The summed E-state index contributed by atoms with van der Waals surface area (Å²) in [7, 11) is 0. The van der Waals surface area contributed by atoms with Crippen molar-refractivity contribution in [2.45, 2.75) is 6.92 Å². The van der Waals surface area contributed by atoms with E-state index in [1.54, 1.807) is 6.20 Å². The van der Waals surface area contributed by atoms with Crippen molar-refractivity contribution in [2.75, 3.05) is 0 Å². The maximum absolute atomic E-state index is 3.56. The van der Waals surface area contributed by atoms with E-state index < -0.39 is 0 Å². The van der Waals surface area contributed by atoms with Crippen molar-refractivity contribution in [3.63, 3.8) is 0 Å². The van der Waals surface area contributed by atoms with Crippen LogP contribution in [0.3, 0.4) is 0 Å². The normalized spacial score (nSPS) is 6.62. The first-order valence-electron chi connectivity index (χ1n) is 1.67. The molecule has 0 aliphatic heterocycles. The average molecular weight is 355 g/mol. The molecule has 5 heteroatoms. The van der Waals surface area contributed by atoms with Gasteiger partial charge in [-0.1, -0.05) is 11.9 Å². The number of nitrogens with zero attached hydrogens (tertiary/aromatic N) is 3. The van der Waals surface area contributed by atoms with Gasteiger partial charge in [0.25, 0.3) is 0 Å². The zero-order valence-corrected chi connectivity index (χ0v) is 10.2. The van der Waals surface area contributed by atoms with Crippen LogP contribution in [0.15, 0.2) is 6.20 Å². The van der Waals surface area contributed by atoms with Gasteiger partial charge in [-0.15, -0.1) is 0 Å². The third-order valence-electron chi connectivity index (χ3n) is 0.499. The van der Waals surface area contributed by atoms with Crippen LogP contribution in [0.5, 0.6) is 0 Å². The van der Waals surface area contributed by atoms with Crippen molar-refractivity contribution in [1.29, 1.82) is 0 Å². The molecule has 1 rings (SSSR count). The molecule has 0 atom stereocenters. The van der Waals surface area contributed by atoms with Gasteiger partial charge in [-0.05, 0) is 6.92 Å². The van der Waals surface area contributed by atoms with Crippen molar-refractivity contribution in [2.24, 2.45) is 0 Å². The van der Waals surface area contributed by atoms with Gasteiger partial charge in [-0.3, -0.25) is 5.21 Å². The maximum atomic E-state index is 3.56. The Morgan fingerprint density at radius 2 is 2.25 bits per heavy atom. The molecule has 0 aliphatic rings. The minimum absolute atomic E-state index is 0. The largest absolute Gasteiger partial charge is 0.358 e. The number of rotatable bonds is 0. The van der Waals surface area contributed by atoms with Crippen LogP contribution in [-0.4, -0.2) is 10.3 Å². The summed E-state index contributed by atoms with van der Waals surface area (Å²) in [5, 5.41) is 10.3. The predicted octanol–water partition coefficient (Wildman–Crippen LogP) is -0.263. The minimum Gasteiger partial charge on any atom is -0.358 e. The summed E-state index contributed by atoms with van der Waals surface area (Å²) < 4.78 is 0. The predicted molar refractivity (Wildman–Crippen MR) is 20.1 cm³/mol. The van der Waals surface area contributed by atoms with Crippen molar-refractivity contribution in [1.82, 2.24) is 15.4 Å². The Kier molecular flexibility index (Phi) is 8.86. The third kappa shape index (κ3) is 3.88. The molecule has 8 heavy (non-hydrogen) atoms. The van der Waals surface area contributed by atoms with E-state index in [9.17, 15) is 0 Å². The summed E-state index contributed by atoms with van der Waals surface area (Å²) in [5.74, 6) is 0. The van der Waals surface area contributed by atoms with Gasteiger partial charge in [0.15, 0.2) is 0 Å². The smallest absolute Gasteiger partial charge is 0 e. The van der Waals surface area contributed by atoms with E-state index in [2.05, 4.69) is 15.4 Å². The fourth-order valence-electron chi connectivity index (χ4n) is 0.232. The Bertz CT molecular complexity index is 118. The Morgan fingerprint density at radius 1 is 1.62 bits per heavy atom. The molecule has 0 fully saturated rings. The van der Waals surface area contributed by atoms with Gasteiger partial charge in [0.05, 0.1) is 0 Å². The monoisotopic (exact) mass is 355 g/mol. The third-order valence-corrected chi connectivity index (χ3v) is 0.499. The standard InChI is InChI=1S/C3H4N3.W.Y/c1-3-2-4-6-5-3;;/h2H,1H3;;/q-1;;. The Labute approximate surface area is 87.2 Å². The SMILES string of the molecule is Cc1c[n-]nn1.[W].[Y]. The summed E-state index contributed by atoms with van der Waals surface area (Å²) in [6.45, 7) is 1.85. The van der Waals surface area contributed by atoms with Crippen LogP contribution in [0.1, 0.15) is 5.69 Å². The van der Waals surface area contributed by atoms with E-state index in [1.165, 1.54) is 0 Å². The average Bonchev–Trinajstić information content (AvgIpc) is 1.86. The van der Waals surface area contributed by atoms with E-state index in [0.29, 0.717) is 0 Å². The maximum Gasteiger partial charge on any atom is 0 e. The molecule has 0 amide bonds. The molecular weight excluding hydrogens is 351 g/mol. The van der Waals surface area contributed by atoms with Gasteiger partial charge in [0, 0.05) is 53.8 Å². The van der Waals surface area contributed by atoms with Crippen molar-refractivity contribution in [3.05, 3.63) is 11.9 Å². The molecule has 0 N–H and O–H groups in total. The van der Waals surface area contributed by atoms with Crippen LogP contribution in [0.2, 0.25) is 0 Å². The molecule has 1 heterocycles. The first-order valence-corrected chi connectivity index (χ1v) is 1.67. The molecule has 0 unspecified atom stereocenters. The van der Waals surface area contributed by atoms with Crippen molar-refractivity contribution >= 4 is 0 Å². The molecule has 0 aliphatic carbocycles. The molecule has 1 aromatic rings. The molecule has 3 nitrogen and oxygen atoms in total. The van der Waals surface area contributed by atoms with Gasteiger partial charge in [-0.25, -0.2) is 0 Å². The summed E-state index contributed by atoms with van der Waals surface area (Å²) >= 11 is 0. The Morgan fingerprint density at radius 3 is 2.38 bits per heavy atom. The molecule has 0 bridgehead atoms. The van der Waals surface area contributed by atoms with Crippen LogP contribution < -0.4 is 5.10 Å². The second-order valence-electron chi connectivity index (χ2n) is 1.08. The molecule has 0 saturated carbocycles. The first kappa shape index (κ1) is 11.7. The summed E-state index contributed by atoms with van der Waals surface area (Å²) in [6.07, 6.45) is 1.61. The van der Waals surface area contributed by atoms with Crippen LogP contribution in [-0.2, 0) is 53.8 Å². The van der Waals surface area contributed by atoms with Gasteiger partial charge >= 0.3 is 0 Å². The summed E-state index contributed by atoms with van der Waals surface area (Å²) in [6, 6.07) is 0. The van der Waals surface area contributed by atoms with Gasteiger partial charge in [0.2, 0.25) is 0 Å². The van der Waals surface area contributed by atoms with E-state index in [-0.39, 0.29) is 53.8 Å². The van der Waals surface area contributed by atoms with E-state index in [1.807, 2.05) is 6.92 Å². The molecule has 1 radical (unpaired) electrons. The number of aryl methyl sites for hydroxylation is 1. The molecule has 0 spiro atoms. The first-order chi connectivity index (χ1) is 2.89. The molecule has 1 aromatic heterocycles. The van der Waals surface area contributed by atoms with E-state index in [0.717, 1.165) is 5.69 Å². The zero-order valence-electron chi connectivity index (χ0n) is 4.40. The number of hydrogen-bond donors (Lipinski definition) is 0. The van der Waals surface area contributed by atoms with Crippen LogP contribution in [0.4, 0.5) is 0 Å². The van der Waals surface area contributed by atoms with Gasteiger partial charge in [-0.2, -0.15) is 0 Å². The van der Waals surface area contributed by atoms with Crippen LogP contribution in [0, 0.1) is 6.92 Å². The Balaban J connectivity index is 0. The molecule has 0 aromatic carbocycles. The minimum atomic E-state index is 0. The molecule has 41 valence electrons. The van der Waals surface area contributed by atoms with Gasteiger partial charge in [0.1, 0.15) is 0 Å². The number of aromatic nitrogens is 3. The summed E-state index contributed by atoms with van der Waals surface area (Å²) in [5.41, 5.74) is 0.870. The van der Waals surface area contributed by atoms with Crippen molar-refractivity contribution < 1.29 is 53.8 Å². The van der Waals surface area contributed by atoms with Crippen molar-refractivity contribution in [3.8, 4) is 0 Å². The Hall–Kier alpha value is 0.932. The molecular formula is C3H4N3WY-. The topological polar surface area (TPSA) is 39.9 Å². The van der Waals surface area contributed by atoms with E-state index in [4.69, 9.17) is 0 Å². The second kappa shape index (κ2) is 6.06. The fourth-order valence-corrected chi connectivity index (χ4v) is 0.232. The number of hydrogen-bond acceptors (Lipinski definition) is 2. The second-order valence-corrected chi connectivity index (χ2v) is 1.08. The quantitative estimate of drug-likeness (QED) is 0.644.